The van der Waals surface area contributed by atoms with Crippen molar-refractivity contribution in [3.8, 4) is 0 Å². The van der Waals surface area contributed by atoms with Crippen molar-refractivity contribution in [3.63, 3.8) is 0 Å². The summed E-state index contributed by atoms with van der Waals surface area (Å²) in [5.41, 5.74) is 4.02. The van der Waals surface area contributed by atoms with Crippen LogP contribution in [-0.4, -0.2) is 5.91 Å². The third-order valence-corrected chi connectivity index (χ3v) is 3.83. The normalized spacial score (nSPS) is 10.2. The summed E-state index contributed by atoms with van der Waals surface area (Å²) in [5.74, 6) is 0.0224. The predicted molar refractivity (Wildman–Crippen MR) is 87.5 cm³/mol. The summed E-state index contributed by atoms with van der Waals surface area (Å²) in [4.78, 5) is 11.3. The van der Waals surface area contributed by atoms with E-state index in [0.717, 1.165) is 21.5 Å². The Balaban J connectivity index is 2.06. The van der Waals surface area contributed by atoms with Crippen molar-refractivity contribution >= 4 is 38.9 Å². The second kappa shape index (κ2) is 6.57. The summed E-state index contributed by atoms with van der Waals surface area (Å²) < 4.78 is 1.10. The van der Waals surface area contributed by atoms with Crippen molar-refractivity contribution in [1.82, 2.24) is 0 Å². The third kappa shape index (κ3) is 3.84. The van der Waals surface area contributed by atoms with Gasteiger partial charge in [0.1, 0.15) is 0 Å². The Kier molecular flexibility index (Phi) is 4.79. The van der Waals surface area contributed by atoms with Crippen LogP contribution in [0.5, 0.6) is 0 Å². The van der Waals surface area contributed by atoms with Gasteiger partial charge in [-0.2, -0.15) is 0 Å². The fourth-order valence-corrected chi connectivity index (χ4v) is 2.02. The van der Waals surface area contributed by atoms with Crippen LogP contribution in [0.25, 0.3) is 0 Å². The average Bonchev–Trinajstić information content (AvgIpc) is 2.45. The number of hydrogen-bond acceptors (Lipinski definition) is 2. The van der Waals surface area contributed by atoms with E-state index in [0.29, 0.717) is 6.42 Å². The van der Waals surface area contributed by atoms with Crippen LogP contribution in [0, 0.1) is 6.92 Å². The molecule has 0 heterocycles. The van der Waals surface area contributed by atoms with Crippen LogP contribution >= 0.6 is 15.9 Å². The third-order valence-electron chi connectivity index (χ3n) is 2.94. The lowest BCUT2D eigenvalue weighted by atomic mass is 10.2. The van der Waals surface area contributed by atoms with Gasteiger partial charge in [-0.15, -0.1) is 0 Å². The van der Waals surface area contributed by atoms with Crippen molar-refractivity contribution in [2.45, 2.75) is 20.3 Å². The van der Waals surface area contributed by atoms with Gasteiger partial charge in [-0.1, -0.05) is 22.9 Å². The zero-order chi connectivity index (χ0) is 14.5. The van der Waals surface area contributed by atoms with Gasteiger partial charge in [-0.3, -0.25) is 4.79 Å². The molecule has 0 unspecified atom stereocenters. The Hall–Kier alpha value is -1.81. The van der Waals surface area contributed by atoms with E-state index in [4.69, 9.17) is 0 Å². The Morgan fingerprint density at radius 2 is 1.65 bits per heavy atom. The smallest absolute Gasteiger partial charge is 0.224 e. The van der Waals surface area contributed by atoms with Crippen molar-refractivity contribution in [2.24, 2.45) is 0 Å². The zero-order valence-corrected chi connectivity index (χ0v) is 13.1. The monoisotopic (exact) mass is 332 g/mol. The number of carbonyl (C=O) groups is 1. The average molecular weight is 333 g/mol. The van der Waals surface area contributed by atoms with E-state index in [9.17, 15) is 4.79 Å². The van der Waals surface area contributed by atoms with E-state index >= 15 is 0 Å². The molecule has 2 aromatic rings. The first kappa shape index (κ1) is 14.6. The highest BCUT2D eigenvalue weighted by atomic mass is 79.9. The second-order valence-corrected chi connectivity index (χ2v) is 5.42. The molecule has 20 heavy (non-hydrogen) atoms. The van der Waals surface area contributed by atoms with E-state index < -0.39 is 0 Å². The molecule has 0 radical (unpaired) electrons. The Labute approximate surface area is 127 Å². The summed E-state index contributed by atoms with van der Waals surface area (Å²) in [5, 5.41) is 6.16. The maximum Gasteiger partial charge on any atom is 0.224 e. The minimum atomic E-state index is 0.0224. The van der Waals surface area contributed by atoms with Crippen LogP contribution in [0.3, 0.4) is 0 Å². The van der Waals surface area contributed by atoms with E-state index in [2.05, 4.69) is 39.6 Å². The van der Waals surface area contributed by atoms with Gasteiger partial charge in [0.05, 0.1) is 0 Å². The molecule has 0 saturated carbocycles. The van der Waals surface area contributed by atoms with E-state index in [1.165, 1.54) is 5.56 Å². The van der Waals surface area contributed by atoms with Gasteiger partial charge in [0, 0.05) is 28.0 Å². The van der Waals surface area contributed by atoms with Crippen LogP contribution in [-0.2, 0) is 4.79 Å². The summed E-state index contributed by atoms with van der Waals surface area (Å²) in [6.45, 7) is 3.89. The SMILES string of the molecule is CCC(=O)Nc1ccc(Nc2ccc(Br)c(C)c2)cc1. The lowest BCUT2D eigenvalue weighted by Crippen LogP contribution is -2.09. The minimum Gasteiger partial charge on any atom is -0.356 e. The number of benzene rings is 2. The molecule has 0 aromatic heterocycles. The lowest BCUT2D eigenvalue weighted by molar-refractivity contribution is -0.115. The molecule has 104 valence electrons. The van der Waals surface area contributed by atoms with Gasteiger partial charge in [-0.05, 0) is 55.0 Å². The summed E-state index contributed by atoms with van der Waals surface area (Å²) in [7, 11) is 0. The van der Waals surface area contributed by atoms with Gasteiger partial charge < -0.3 is 10.6 Å². The Bertz CT molecular complexity index is 608. The lowest BCUT2D eigenvalue weighted by Gasteiger charge is -2.09. The number of nitrogens with one attached hydrogen (secondary N) is 2. The molecule has 0 atom stereocenters. The molecule has 4 heteroatoms. The first-order valence-corrected chi connectivity index (χ1v) is 7.31. The van der Waals surface area contributed by atoms with E-state index in [1.54, 1.807) is 0 Å². The van der Waals surface area contributed by atoms with Crippen molar-refractivity contribution in [2.75, 3.05) is 10.6 Å². The van der Waals surface area contributed by atoms with Crippen molar-refractivity contribution in [1.29, 1.82) is 0 Å². The molecule has 3 nitrogen and oxygen atoms in total. The highest BCUT2D eigenvalue weighted by Crippen LogP contribution is 2.23. The fourth-order valence-electron chi connectivity index (χ4n) is 1.78. The van der Waals surface area contributed by atoms with Gasteiger partial charge in [-0.25, -0.2) is 0 Å². The number of carbonyl (C=O) groups excluding carboxylic acids is 1. The highest BCUT2D eigenvalue weighted by molar-refractivity contribution is 9.10. The molecule has 0 aliphatic rings. The largest absolute Gasteiger partial charge is 0.356 e. The number of aryl methyl sites for hydroxylation is 1. The summed E-state index contributed by atoms with van der Waals surface area (Å²) in [6, 6.07) is 13.8. The molecule has 2 N–H and O–H groups in total. The van der Waals surface area contributed by atoms with Crippen LogP contribution < -0.4 is 10.6 Å². The molecule has 0 aliphatic heterocycles. The minimum absolute atomic E-state index is 0.0224. The first-order valence-electron chi connectivity index (χ1n) is 6.51. The molecular weight excluding hydrogens is 316 g/mol. The standard InChI is InChI=1S/C16H17BrN2O/c1-3-16(20)19-13-6-4-12(5-7-13)18-14-8-9-15(17)11(2)10-14/h4-10,18H,3H2,1-2H3,(H,19,20). The van der Waals surface area contributed by atoms with Crippen LogP contribution in [0.4, 0.5) is 17.1 Å². The molecule has 2 aromatic carbocycles. The zero-order valence-electron chi connectivity index (χ0n) is 11.5. The van der Waals surface area contributed by atoms with Crippen LogP contribution in [0.15, 0.2) is 46.9 Å². The number of hydrogen-bond donors (Lipinski definition) is 2. The quantitative estimate of drug-likeness (QED) is 0.840. The van der Waals surface area contributed by atoms with Gasteiger partial charge in [0.25, 0.3) is 0 Å². The molecule has 0 bridgehead atoms. The van der Waals surface area contributed by atoms with E-state index in [-0.39, 0.29) is 5.91 Å². The molecular formula is C16H17BrN2O. The van der Waals surface area contributed by atoms with Crippen molar-refractivity contribution in [3.05, 3.63) is 52.5 Å². The maximum atomic E-state index is 11.3. The van der Waals surface area contributed by atoms with Crippen LogP contribution in [0.2, 0.25) is 0 Å². The second-order valence-electron chi connectivity index (χ2n) is 4.57. The molecule has 0 saturated heterocycles. The Morgan fingerprint density at radius 1 is 1.05 bits per heavy atom. The topological polar surface area (TPSA) is 41.1 Å². The highest BCUT2D eigenvalue weighted by Gasteiger charge is 2.00. The Morgan fingerprint density at radius 3 is 2.25 bits per heavy atom. The molecule has 0 spiro atoms. The van der Waals surface area contributed by atoms with Crippen molar-refractivity contribution < 1.29 is 4.79 Å². The van der Waals surface area contributed by atoms with Gasteiger partial charge in [0.2, 0.25) is 5.91 Å². The number of anilines is 3. The first-order chi connectivity index (χ1) is 9.58. The van der Waals surface area contributed by atoms with Gasteiger partial charge >= 0.3 is 0 Å². The van der Waals surface area contributed by atoms with Crippen LogP contribution in [0.1, 0.15) is 18.9 Å². The molecule has 0 aliphatic carbocycles. The summed E-state index contributed by atoms with van der Waals surface area (Å²) >= 11 is 3.49. The predicted octanol–water partition coefficient (Wildman–Crippen LogP) is 4.85. The van der Waals surface area contributed by atoms with E-state index in [1.807, 2.05) is 43.3 Å². The molecule has 0 fully saturated rings. The number of amides is 1. The summed E-state index contributed by atoms with van der Waals surface area (Å²) in [6.07, 6.45) is 0.484. The fraction of sp³-hybridized carbons (Fsp3) is 0.188. The number of halogens is 1. The maximum absolute atomic E-state index is 11.3. The molecule has 1 amide bonds. The molecule has 2 rings (SSSR count). The van der Waals surface area contributed by atoms with Gasteiger partial charge in [0.15, 0.2) is 0 Å². The number of rotatable bonds is 4.